The molecule has 1 fully saturated rings. The molecule has 0 saturated heterocycles. The Labute approximate surface area is 124 Å². The fraction of sp³-hybridized carbons (Fsp3) is 0.625. The maximum atomic E-state index is 4.85. The van der Waals surface area contributed by atoms with Crippen molar-refractivity contribution in [3.05, 3.63) is 17.3 Å². The molecule has 3 rings (SSSR count). The summed E-state index contributed by atoms with van der Waals surface area (Å²) in [5.41, 5.74) is 0. The van der Waals surface area contributed by atoms with Crippen LogP contribution in [0.1, 0.15) is 57.7 Å². The van der Waals surface area contributed by atoms with Crippen molar-refractivity contribution in [2.45, 2.75) is 51.9 Å². The van der Waals surface area contributed by atoms with Gasteiger partial charge in [-0.15, -0.1) is 11.3 Å². The highest BCUT2D eigenvalue weighted by atomic mass is 32.1. The number of hydrogen-bond donors (Lipinski definition) is 1. The van der Waals surface area contributed by atoms with Crippen LogP contribution in [0, 0.1) is 5.92 Å². The van der Waals surface area contributed by atoms with E-state index in [-0.39, 0.29) is 0 Å². The van der Waals surface area contributed by atoms with Crippen LogP contribution in [0.25, 0.3) is 10.2 Å². The van der Waals surface area contributed by atoms with Crippen LogP contribution < -0.4 is 5.32 Å². The summed E-state index contributed by atoms with van der Waals surface area (Å²) >= 11 is 1.72. The van der Waals surface area contributed by atoms with E-state index in [4.69, 9.17) is 9.97 Å². The molecule has 0 aromatic carbocycles. The van der Waals surface area contributed by atoms with Gasteiger partial charge in [-0.1, -0.05) is 26.7 Å². The maximum Gasteiger partial charge on any atom is 0.138 e. The van der Waals surface area contributed by atoms with E-state index in [0.717, 1.165) is 35.4 Å². The summed E-state index contributed by atoms with van der Waals surface area (Å²) in [5.74, 6) is 3.45. The van der Waals surface area contributed by atoms with Gasteiger partial charge < -0.3 is 5.32 Å². The molecule has 0 spiro atoms. The molecule has 2 aromatic rings. The second kappa shape index (κ2) is 6.08. The third-order valence-corrected chi connectivity index (χ3v) is 4.99. The molecule has 0 aliphatic heterocycles. The van der Waals surface area contributed by atoms with Gasteiger partial charge in [-0.25, -0.2) is 9.97 Å². The van der Waals surface area contributed by atoms with Crippen molar-refractivity contribution in [3.8, 4) is 0 Å². The average Bonchev–Trinajstić information content (AvgIpc) is 2.93. The first-order valence-corrected chi connectivity index (χ1v) is 8.65. The number of thiophene rings is 1. The van der Waals surface area contributed by atoms with Gasteiger partial charge >= 0.3 is 0 Å². The number of aromatic nitrogens is 2. The molecule has 1 saturated carbocycles. The quantitative estimate of drug-likeness (QED) is 0.878. The predicted octanol–water partition coefficient (Wildman–Crippen LogP) is 4.81. The standard InChI is InChI=1S/C16H23N3S/c1-3-8-17-15-13-7-9-20-16(13)19-14(18-15)12-6-4-5-11(2)10-12/h7,9,11-12H,3-6,8,10H2,1-2H3,(H,17,18,19). The van der Waals surface area contributed by atoms with Crippen LogP contribution >= 0.6 is 11.3 Å². The molecule has 108 valence electrons. The number of hydrogen-bond acceptors (Lipinski definition) is 4. The van der Waals surface area contributed by atoms with Gasteiger partial charge in [-0.2, -0.15) is 0 Å². The van der Waals surface area contributed by atoms with E-state index < -0.39 is 0 Å². The largest absolute Gasteiger partial charge is 0.369 e. The van der Waals surface area contributed by atoms with E-state index in [0.29, 0.717) is 5.92 Å². The zero-order valence-electron chi connectivity index (χ0n) is 12.4. The van der Waals surface area contributed by atoms with Crippen molar-refractivity contribution in [2.24, 2.45) is 5.92 Å². The molecule has 2 aromatic heterocycles. The second-order valence-corrected chi connectivity index (χ2v) is 6.86. The zero-order valence-corrected chi connectivity index (χ0v) is 13.2. The van der Waals surface area contributed by atoms with Crippen molar-refractivity contribution in [1.29, 1.82) is 0 Å². The van der Waals surface area contributed by atoms with Gasteiger partial charge in [0, 0.05) is 12.5 Å². The lowest BCUT2D eigenvalue weighted by atomic mass is 9.82. The Kier molecular flexibility index (Phi) is 4.20. The van der Waals surface area contributed by atoms with E-state index in [2.05, 4.69) is 30.6 Å². The van der Waals surface area contributed by atoms with Crippen LogP contribution in [0.5, 0.6) is 0 Å². The highest BCUT2D eigenvalue weighted by molar-refractivity contribution is 7.16. The van der Waals surface area contributed by atoms with Crippen LogP contribution in [-0.2, 0) is 0 Å². The van der Waals surface area contributed by atoms with Crippen LogP contribution in [0.15, 0.2) is 11.4 Å². The molecule has 1 N–H and O–H groups in total. The monoisotopic (exact) mass is 289 g/mol. The Morgan fingerprint density at radius 2 is 2.25 bits per heavy atom. The first-order valence-electron chi connectivity index (χ1n) is 7.77. The average molecular weight is 289 g/mol. The normalized spacial score (nSPS) is 23.1. The molecule has 4 heteroatoms. The molecule has 20 heavy (non-hydrogen) atoms. The van der Waals surface area contributed by atoms with E-state index in [9.17, 15) is 0 Å². The van der Waals surface area contributed by atoms with E-state index >= 15 is 0 Å². The van der Waals surface area contributed by atoms with Crippen molar-refractivity contribution in [3.63, 3.8) is 0 Å². The minimum atomic E-state index is 0.549. The van der Waals surface area contributed by atoms with Crippen LogP contribution in [-0.4, -0.2) is 16.5 Å². The van der Waals surface area contributed by atoms with Gasteiger partial charge in [-0.05, 0) is 36.6 Å². The number of nitrogens with zero attached hydrogens (tertiary/aromatic N) is 2. The van der Waals surface area contributed by atoms with Crippen LogP contribution in [0.4, 0.5) is 5.82 Å². The summed E-state index contributed by atoms with van der Waals surface area (Å²) in [6.07, 6.45) is 6.28. The molecule has 2 heterocycles. The van der Waals surface area contributed by atoms with Gasteiger partial charge in [0.15, 0.2) is 0 Å². The second-order valence-electron chi connectivity index (χ2n) is 5.97. The summed E-state index contributed by atoms with van der Waals surface area (Å²) in [7, 11) is 0. The third-order valence-electron chi connectivity index (χ3n) is 4.19. The molecular weight excluding hydrogens is 266 g/mol. The molecule has 2 atom stereocenters. The van der Waals surface area contributed by atoms with Gasteiger partial charge in [0.1, 0.15) is 16.5 Å². The van der Waals surface area contributed by atoms with Gasteiger partial charge in [0.25, 0.3) is 0 Å². The highest BCUT2D eigenvalue weighted by Crippen LogP contribution is 2.36. The highest BCUT2D eigenvalue weighted by Gasteiger charge is 2.23. The lowest BCUT2D eigenvalue weighted by molar-refractivity contribution is 0.336. The maximum absolute atomic E-state index is 4.85. The summed E-state index contributed by atoms with van der Waals surface area (Å²) in [6.45, 7) is 5.51. The van der Waals surface area contributed by atoms with Gasteiger partial charge in [0.05, 0.1) is 5.39 Å². The molecule has 0 radical (unpaired) electrons. The van der Waals surface area contributed by atoms with Crippen molar-refractivity contribution < 1.29 is 0 Å². The van der Waals surface area contributed by atoms with E-state index in [1.807, 2.05) is 0 Å². The van der Waals surface area contributed by atoms with E-state index in [1.54, 1.807) is 11.3 Å². The molecule has 1 aliphatic carbocycles. The number of fused-ring (bicyclic) bond motifs is 1. The predicted molar refractivity (Wildman–Crippen MR) is 86.6 cm³/mol. The Bertz CT molecular complexity index is 578. The summed E-state index contributed by atoms with van der Waals surface area (Å²) in [4.78, 5) is 10.8. The van der Waals surface area contributed by atoms with Gasteiger partial charge in [0.2, 0.25) is 0 Å². The first-order chi connectivity index (χ1) is 9.78. The van der Waals surface area contributed by atoms with Crippen molar-refractivity contribution in [1.82, 2.24) is 9.97 Å². The van der Waals surface area contributed by atoms with Crippen molar-refractivity contribution in [2.75, 3.05) is 11.9 Å². The Morgan fingerprint density at radius 1 is 1.35 bits per heavy atom. The third kappa shape index (κ3) is 2.80. The molecule has 0 amide bonds. The molecular formula is C16H23N3S. The molecule has 1 aliphatic rings. The topological polar surface area (TPSA) is 37.8 Å². The lowest BCUT2D eigenvalue weighted by Gasteiger charge is -2.25. The SMILES string of the molecule is CCCNc1nc(C2CCCC(C)C2)nc2sccc12. The summed E-state index contributed by atoms with van der Waals surface area (Å²) < 4.78 is 0. The summed E-state index contributed by atoms with van der Waals surface area (Å²) in [5, 5.41) is 6.76. The van der Waals surface area contributed by atoms with Crippen LogP contribution in [0.3, 0.4) is 0 Å². The minimum Gasteiger partial charge on any atom is -0.369 e. The minimum absolute atomic E-state index is 0.549. The Morgan fingerprint density at radius 3 is 3.05 bits per heavy atom. The van der Waals surface area contributed by atoms with Crippen LogP contribution in [0.2, 0.25) is 0 Å². The number of nitrogens with one attached hydrogen (secondary N) is 1. The smallest absolute Gasteiger partial charge is 0.138 e. The molecule has 2 unspecified atom stereocenters. The first kappa shape index (κ1) is 13.8. The molecule has 0 bridgehead atoms. The lowest BCUT2D eigenvalue weighted by Crippen LogP contribution is -2.15. The number of rotatable bonds is 4. The number of anilines is 1. The molecule has 3 nitrogen and oxygen atoms in total. The Balaban J connectivity index is 1.94. The fourth-order valence-electron chi connectivity index (χ4n) is 3.10. The fourth-order valence-corrected chi connectivity index (χ4v) is 3.87. The van der Waals surface area contributed by atoms with E-state index in [1.165, 1.54) is 31.1 Å². The Hall–Kier alpha value is -1.16. The zero-order chi connectivity index (χ0) is 13.9. The summed E-state index contributed by atoms with van der Waals surface area (Å²) in [6, 6.07) is 2.13. The van der Waals surface area contributed by atoms with Crippen molar-refractivity contribution >= 4 is 27.4 Å². The van der Waals surface area contributed by atoms with Gasteiger partial charge in [-0.3, -0.25) is 0 Å².